The summed E-state index contributed by atoms with van der Waals surface area (Å²) < 4.78 is 0. The Labute approximate surface area is 264 Å². The van der Waals surface area contributed by atoms with Crippen LogP contribution in [0.5, 0.6) is 0 Å². The Morgan fingerprint density at radius 2 is 0.525 bits per heavy atom. The van der Waals surface area contributed by atoms with Crippen molar-refractivity contribution >= 4 is 84.4 Å². The highest BCUT2D eigenvalue weighted by Gasteiger charge is 2.29. The van der Waals surface area contributed by atoms with E-state index < -0.39 is 0 Å². The van der Waals surface area contributed by atoms with Gasteiger partial charge >= 0.3 is 0 Å². The van der Waals surface area contributed by atoms with Crippen molar-refractivity contribution in [3.05, 3.63) is 0 Å². The van der Waals surface area contributed by atoms with Crippen molar-refractivity contribution in [2.75, 3.05) is 28.8 Å². The third-order valence-corrected chi connectivity index (χ3v) is 11.7. The molecule has 1 aliphatic carbocycles. The van der Waals surface area contributed by atoms with Gasteiger partial charge in [0.15, 0.2) is 25.6 Å². The fourth-order valence-corrected chi connectivity index (χ4v) is 9.56. The molecule has 1 rings (SSSR count). The summed E-state index contributed by atoms with van der Waals surface area (Å²) in [6.07, 6.45) is 10.6. The van der Waals surface area contributed by atoms with E-state index in [4.69, 9.17) is 0 Å². The zero-order chi connectivity index (χ0) is 29.9. The zero-order valence-corrected chi connectivity index (χ0v) is 29.2. The lowest BCUT2D eigenvalue weighted by Crippen LogP contribution is -2.24. The molecule has 0 aliphatic heterocycles. The van der Waals surface area contributed by atoms with Gasteiger partial charge in [0.1, 0.15) is 0 Å². The summed E-state index contributed by atoms with van der Waals surface area (Å²) in [6.45, 7) is 8.17. The zero-order valence-electron chi connectivity index (χ0n) is 25.1. The lowest BCUT2D eigenvalue weighted by atomic mass is 9.72. The first-order valence-corrected chi connectivity index (χ1v) is 19.5. The molecule has 0 aromatic heterocycles. The smallest absolute Gasteiger partial charge is 0.185 e. The number of carbonyl (C=O) groups excluding carboxylic acids is 5. The summed E-state index contributed by atoms with van der Waals surface area (Å²) in [5.41, 5.74) is 0. The molecule has 10 heteroatoms. The van der Waals surface area contributed by atoms with E-state index in [0.29, 0.717) is 29.6 Å². The van der Waals surface area contributed by atoms with Crippen LogP contribution >= 0.6 is 58.8 Å². The first-order valence-electron chi connectivity index (χ1n) is 14.6. The fraction of sp³-hybridized carbons (Fsp3) is 0.833. The summed E-state index contributed by atoms with van der Waals surface area (Å²) in [7, 11) is 0. The van der Waals surface area contributed by atoms with Crippen molar-refractivity contribution in [3.8, 4) is 0 Å². The predicted octanol–water partition coefficient (Wildman–Crippen LogP) is 8.38. The van der Waals surface area contributed by atoms with Crippen molar-refractivity contribution in [2.24, 2.45) is 29.6 Å². The first-order chi connectivity index (χ1) is 18.9. The molecule has 0 spiro atoms. The van der Waals surface area contributed by atoms with Gasteiger partial charge in [-0.3, -0.25) is 24.0 Å². The molecule has 0 atom stereocenters. The van der Waals surface area contributed by atoms with Gasteiger partial charge in [-0.25, -0.2) is 0 Å². The molecular weight excluding hydrogens is 601 g/mol. The number of hydrogen-bond donors (Lipinski definition) is 0. The van der Waals surface area contributed by atoms with E-state index in [1.807, 2.05) is 0 Å². The van der Waals surface area contributed by atoms with Gasteiger partial charge in [0.05, 0.1) is 0 Å². The molecule has 0 heterocycles. The molecule has 0 N–H and O–H groups in total. The summed E-state index contributed by atoms with van der Waals surface area (Å²) in [6, 6.07) is 0. The third-order valence-electron chi connectivity index (χ3n) is 7.49. The second-order valence-corrected chi connectivity index (χ2v) is 17.5. The molecule has 0 amide bonds. The Hall–Kier alpha value is 0.1000. The van der Waals surface area contributed by atoms with Crippen LogP contribution < -0.4 is 0 Å². The maximum atomic E-state index is 11.7. The Morgan fingerprint density at radius 3 is 0.650 bits per heavy atom. The van der Waals surface area contributed by atoms with Gasteiger partial charge in [0, 0.05) is 63.4 Å². The van der Waals surface area contributed by atoms with Crippen molar-refractivity contribution in [1.82, 2.24) is 0 Å². The Morgan fingerprint density at radius 1 is 0.375 bits per heavy atom. The van der Waals surface area contributed by atoms with Crippen LogP contribution in [0.2, 0.25) is 0 Å². The first kappa shape index (κ1) is 38.1. The van der Waals surface area contributed by atoms with Gasteiger partial charge in [0.25, 0.3) is 0 Å². The van der Waals surface area contributed by atoms with Crippen LogP contribution in [-0.4, -0.2) is 54.3 Å². The van der Waals surface area contributed by atoms with Crippen molar-refractivity contribution < 1.29 is 24.0 Å². The average Bonchev–Trinajstić information content (AvgIpc) is 2.82. The molecule has 0 aromatic carbocycles. The summed E-state index contributed by atoms with van der Waals surface area (Å²) >= 11 is 7.08. The monoisotopic (exact) mass is 650 g/mol. The number of thioether (sulfide) groups is 5. The molecule has 0 saturated heterocycles. The molecule has 40 heavy (non-hydrogen) atoms. The van der Waals surface area contributed by atoms with Gasteiger partial charge in [-0.15, -0.1) is 0 Å². The maximum Gasteiger partial charge on any atom is 0.185 e. The van der Waals surface area contributed by atoms with Crippen LogP contribution in [0, 0.1) is 29.6 Å². The van der Waals surface area contributed by atoms with Crippen molar-refractivity contribution in [2.45, 2.75) is 98.8 Å². The van der Waals surface area contributed by atoms with Gasteiger partial charge in [-0.05, 0) is 93.8 Å². The Bertz CT molecular complexity index is 644. The van der Waals surface area contributed by atoms with Gasteiger partial charge < -0.3 is 0 Å². The van der Waals surface area contributed by atoms with E-state index in [-0.39, 0.29) is 25.6 Å². The summed E-state index contributed by atoms with van der Waals surface area (Å²) in [5.74, 6) is 6.69. The highest BCUT2D eigenvalue weighted by Crippen LogP contribution is 2.40. The minimum absolute atomic E-state index is 0.162. The van der Waals surface area contributed by atoms with Crippen LogP contribution in [0.15, 0.2) is 0 Å². The molecule has 1 aliphatic rings. The van der Waals surface area contributed by atoms with Crippen molar-refractivity contribution in [3.63, 3.8) is 0 Å². The molecule has 230 valence electrons. The van der Waals surface area contributed by atoms with Crippen LogP contribution in [0.1, 0.15) is 98.8 Å². The van der Waals surface area contributed by atoms with E-state index >= 15 is 0 Å². The molecular formula is C30H50O5S5. The van der Waals surface area contributed by atoms with Crippen LogP contribution in [-0.2, 0) is 24.0 Å². The normalized spacial score (nSPS) is 23.9. The van der Waals surface area contributed by atoms with Crippen LogP contribution in [0.25, 0.3) is 0 Å². The Balaban J connectivity index is 3.22. The molecule has 0 aromatic rings. The molecule has 0 bridgehead atoms. The van der Waals surface area contributed by atoms with E-state index in [2.05, 4.69) is 0 Å². The van der Waals surface area contributed by atoms with Crippen LogP contribution in [0.4, 0.5) is 0 Å². The highest BCUT2D eigenvalue weighted by molar-refractivity contribution is 8.14. The largest absolute Gasteiger partial charge is 0.288 e. The summed E-state index contributed by atoms with van der Waals surface area (Å²) in [4.78, 5) is 58.4. The standard InChI is InChI=1S/C30H50O5S5/c1-21(31)36-11-6-26-16-27(7-12-37-22(2)32)18-29(9-14-39-24(4)34)20-30(10-15-40-25(5)35)19-28(17-26)8-13-38-23(3)33/h26-30H,6-20H2,1-5H3. The molecule has 0 radical (unpaired) electrons. The minimum Gasteiger partial charge on any atom is -0.288 e. The van der Waals surface area contributed by atoms with E-state index in [1.165, 1.54) is 58.8 Å². The number of rotatable bonds is 15. The lowest BCUT2D eigenvalue weighted by molar-refractivity contribution is -0.109. The fourth-order valence-electron chi connectivity index (χ4n) is 5.86. The molecule has 1 saturated carbocycles. The molecule has 1 fully saturated rings. The van der Waals surface area contributed by atoms with Gasteiger partial charge in [-0.2, -0.15) is 0 Å². The maximum absolute atomic E-state index is 11.7. The minimum atomic E-state index is 0.162. The van der Waals surface area contributed by atoms with Gasteiger partial charge in [-0.1, -0.05) is 58.8 Å². The van der Waals surface area contributed by atoms with Crippen molar-refractivity contribution in [1.29, 1.82) is 0 Å². The number of carbonyl (C=O) groups is 5. The predicted molar refractivity (Wildman–Crippen MR) is 179 cm³/mol. The SMILES string of the molecule is CC(=O)SCCC1CC(CCSC(C)=O)CC(CCSC(C)=O)CC(CCSC(C)=O)CC(CCSC(C)=O)C1. The topological polar surface area (TPSA) is 85.3 Å². The Kier molecular flexibility index (Phi) is 21.6. The molecule has 0 unspecified atom stereocenters. The van der Waals surface area contributed by atoms with Gasteiger partial charge in [0.2, 0.25) is 0 Å². The highest BCUT2D eigenvalue weighted by atomic mass is 32.2. The third kappa shape index (κ3) is 20.9. The second-order valence-electron chi connectivity index (χ2n) is 11.2. The second kappa shape index (κ2) is 22.6. The number of hydrogen-bond acceptors (Lipinski definition) is 10. The lowest BCUT2D eigenvalue weighted by Gasteiger charge is -2.35. The quantitative estimate of drug-likeness (QED) is 0.172. The van der Waals surface area contributed by atoms with E-state index in [9.17, 15) is 24.0 Å². The van der Waals surface area contributed by atoms with Crippen LogP contribution in [0.3, 0.4) is 0 Å². The molecule has 5 nitrogen and oxygen atoms in total. The van der Waals surface area contributed by atoms with E-state index in [0.717, 1.165) is 93.0 Å². The van der Waals surface area contributed by atoms with E-state index in [1.54, 1.807) is 34.6 Å². The summed E-state index contributed by atoms with van der Waals surface area (Å²) in [5, 5.41) is 0.809. The average molecular weight is 651 g/mol.